The van der Waals surface area contributed by atoms with Gasteiger partial charge in [-0.05, 0) is 37.2 Å². The largest absolute Gasteiger partial charge is 0.330 e. The molecular formula is C12H15N3O2S. The number of fused-ring (bicyclic) bond motifs is 1. The lowest BCUT2D eigenvalue weighted by atomic mass is 10.2. The third-order valence-corrected chi connectivity index (χ3v) is 3.87. The second-order valence-electron chi connectivity index (χ2n) is 3.97. The molecule has 0 saturated carbocycles. The zero-order chi connectivity index (χ0) is 13.0. The lowest BCUT2D eigenvalue weighted by molar-refractivity contribution is 0.599. The smallest absolute Gasteiger partial charge is 0.232 e. The molecule has 96 valence electrons. The van der Waals surface area contributed by atoms with Gasteiger partial charge in [-0.3, -0.25) is 9.71 Å². The van der Waals surface area contributed by atoms with E-state index in [1.54, 1.807) is 24.4 Å². The molecule has 18 heavy (non-hydrogen) atoms. The van der Waals surface area contributed by atoms with E-state index in [4.69, 9.17) is 5.73 Å². The molecule has 0 aliphatic heterocycles. The van der Waals surface area contributed by atoms with Crippen LogP contribution in [-0.2, 0) is 10.0 Å². The van der Waals surface area contributed by atoms with Crippen molar-refractivity contribution < 1.29 is 8.42 Å². The Balaban J connectivity index is 2.22. The number of hydrogen-bond donors (Lipinski definition) is 2. The first kappa shape index (κ1) is 12.8. The number of anilines is 1. The van der Waals surface area contributed by atoms with Crippen LogP contribution in [0.3, 0.4) is 0 Å². The standard InChI is InChI=1S/C12H15N3O2S/c13-6-2-8-18(16,17)15-11-4-5-12-10(9-11)3-1-7-14-12/h1,3-5,7,9,15H,2,6,8,13H2. The molecule has 3 N–H and O–H groups in total. The van der Waals surface area contributed by atoms with Gasteiger partial charge in [0.05, 0.1) is 11.3 Å². The Bertz CT molecular complexity index is 641. The van der Waals surface area contributed by atoms with Crippen molar-refractivity contribution in [1.82, 2.24) is 4.98 Å². The van der Waals surface area contributed by atoms with Crippen LogP contribution in [0.5, 0.6) is 0 Å². The monoisotopic (exact) mass is 265 g/mol. The molecule has 0 spiro atoms. The molecule has 0 radical (unpaired) electrons. The van der Waals surface area contributed by atoms with Crippen LogP contribution in [0.4, 0.5) is 5.69 Å². The molecule has 1 heterocycles. The van der Waals surface area contributed by atoms with Gasteiger partial charge in [-0.1, -0.05) is 6.07 Å². The fourth-order valence-electron chi connectivity index (χ4n) is 1.64. The molecule has 0 atom stereocenters. The molecule has 0 amide bonds. The minimum absolute atomic E-state index is 0.0363. The summed E-state index contributed by atoms with van der Waals surface area (Å²) in [4.78, 5) is 4.17. The summed E-state index contributed by atoms with van der Waals surface area (Å²) < 4.78 is 26.0. The van der Waals surface area contributed by atoms with E-state index >= 15 is 0 Å². The van der Waals surface area contributed by atoms with Gasteiger partial charge < -0.3 is 5.73 Å². The van der Waals surface area contributed by atoms with E-state index in [1.165, 1.54) is 0 Å². The van der Waals surface area contributed by atoms with Crippen molar-refractivity contribution >= 4 is 26.6 Å². The van der Waals surface area contributed by atoms with Gasteiger partial charge in [-0.2, -0.15) is 0 Å². The van der Waals surface area contributed by atoms with Gasteiger partial charge in [0, 0.05) is 17.3 Å². The molecule has 2 rings (SSSR count). The Morgan fingerprint density at radius 1 is 1.28 bits per heavy atom. The summed E-state index contributed by atoms with van der Waals surface area (Å²) in [5, 5.41) is 0.900. The van der Waals surface area contributed by atoms with Gasteiger partial charge in [0.25, 0.3) is 0 Å². The number of nitrogens with one attached hydrogen (secondary N) is 1. The van der Waals surface area contributed by atoms with Gasteiger partial charge in [0.2, 0.25) is 10.0 Å². The zero-order valence-electron chi connectivity index (χ0n) is 9.83. The van der Waals surface area contributed by atoms with E-state index in [1.807, 2.05) is 12.1 Å². The summed E-state index contributed by atoms with van der Waals surface area (Å²) in [7, 11) is -3.32. The van der Waals surface area contributed by atoms with Crippen molar-refractivity contribution in [2.45, 2.75) is 6.42 Å². The van der Waals surface area contributed by atoms with Crippen molar-refractivity contribution in [2.24, 2.45) is 5.73 Å². The molecule has 0 aliphatic rings. The predicted molar refractivity (Wildman–Crippen MR) is 72.8 cm³/mol. The number of rotatable bonds is 5. The Kier molecular flexibility index (Phi) is 3.78. The molecule has 6 heteroatoms. The number of pyridine rings is 1. The van der Waals surface area contributed by atoms with Crippen molar-refractivity contribution in [3.8, 4) is 0 Å². The number of benzene rings is 1. The maximum atomic E-state index is 11.7. The number of sulfonamides is 1. The fourth-order valence-corrected chi connectivity index (χ4v) is 2.78. The highest BCUT2D eigenvalue weighted by Gasteiger charge is 2.09. The highest BCUT2D eigenvalue weighted by molar-refractivity contribution is 7.92. The van der Waals surface area contributed by atoms with Crippen LogP contribution in [0.1, 0.15) is 6.42 Å². The Morgan fingerprint density at radius 3 is 2.89 bits per heavy atom. The highest BCUT2D eigenvalue weighted by Crippen LogP contribution is 2.18. The second-order valence-corrected chi connectivity index (χ2v) is 5.82. The second kappa shape index (κ2) is 5.32. The number of nitrogens with zero attached hydrogens (tertiary/aromatic N) is 1. The normalized spacial score (nSPS) is 11.6. The van der Waals surface area contributed by atoms with Crippen molar-refractivity contribution in [2.75, 3.05) is 17.0 Å². The molecular weight excluding hydrogens is 250 g/mol. The topological polar surface area (TPSA) is 85.1 Å². The Labute approximate surface area is 106 Å². The molecule has 1 aromatic heterocycles. The number of hydrogen-bond acceptors (Lipinski definition) is 4. The van der Waals surface area contributed by atoms with Gasteiger partial charge in [-0.25, -0.2) is 8.42 Å². The summed E-state index contributed by atoms with van der Waals surface area (Å²) in [5.41, 5.74) is 6.69. The minimum Gasteiger partial charge on any atom is -0.330 e. The van der Waals surface area contributed by atoms with Crippen LogP contribution in [0, 0.1) is 0 Å². The first-order chi connectivity index (χ1) is 8.61. The number of nitrogens with two attached hydrogens (primary N) is 1. The molecule has 2 aromatic rings. The van der Waals surface area contributed by atoms with Crippen LogP contribution in [0.15, 0.2) is 36.5 Å². The minimum atomic E-state index is -3.32. The summed E-state index contributed by atoms with van der Waals surface area (Å²) in [6.45, 7) is 0.364. The highest BCUT2D eigenvalue weighted by atomic mass is 32.2. The van der Waals surface area contributed by atoms with Crippen LogP contribution in [0.25, 0.3) is 10.9 Å². The van der Waals surface area contributed by atoms with Crippen LogP contribution in [0.2, 0.25) is 0 Å². The maximum absolute atomic E-state index is 11.7. The molecule has 0 saturated heterocycles. The molecule has 0 bridgehead atoms. The summed E-state index contributed by atoms with van der Waals surface area (Å²) in [6, 6.07) is 8.96. The van der Waals surface area contributed by atoms with Gasteiger partial charge in [0.15, 0.2) is 0 Å². The van der Waals surface area contributed by atoms with Crippen LogP contribution in [-0.4, -0.2) is 25.7 Å². The van der Waals surface area contributed by atoms with Crippen molar-refractivity contribution in [3.63, 3.8) is 0 Å². The van der Waals surface area contributed by atoms with E-state index in [2.05, 4.69) is 9.71 Å². The summed E-state index contributed by atoms with van der Waals surface area (Å²) >= 11 is 0. The number of aromatic nitrogens is 1. The van der Waals surface area contributed by atoms with Gasteiger partial charge in [-0.15, -0.1) is 0 Å². The Hall–Kier alpha value is -1.66. The third kappa shape index (κ3) is 3.18. The van der Waals surface area contributed by atoms with E-state index < -0.39 is 10.0 Å². The predicted octanol–water partition coefficient (Wildman–Crippen LogP) is 1.33. The van der Waals surface area contributed by atoms with Gasteiger partial charge in [0.1, 0.15) is 0 Å². The third-order valence-electron chi connectivity index (χ3n) is 2.49. The molecule has 0 unspecified atom stereocenters. The van der Waals surface area contributed by atoms with E-state index in [0.29, 0.717) is 18.7 Å². The lowest BCUT2D eigenvalue weighted by Gasteiger charge is -2.08. The first-order valence-electron chi connectivity index (χ1n) is 5.66. The van der Waals surface area contributed by atoms with Crippen LogP contribution < -0.4 is 10.5 Å². The van der Waals surface area contributed by atoms with E-state index in [-0.39, 0.29) is 5.75 Å². The summed E-state index contributed by atoms with van der Waals surface area (Å²) in [6.07, 6.45) is 2.15. The van der Waals surface area contributed by atoms with Crippen molar-refractivity contribution in [1.29, 1.82) is 0 Å². The SMILES string of the molecule is NCCCS(=O)(=O)Nc1ccc2ncccc2c1. The Morgan fingerprint density at radius 2 is 2.11 bits per heavy atom. The average molecular weight is 265 g/mol. The van der Waals surface area contributed by atoms with E-state index in [9.17, 15) is 8.42 Å². The maximum Gasteiger partial charge on any atom is 0.232 e. The quantitative estimate of drug-likeness (QED) is 0.854. The van der Waals surface area contributed by atoms with E-state index in [0.717, 1.165) is 10.9 Å². The molecule has 0 fully saturated rings. The average Bonchev–Trinajstić information content (AvgIpc) is 2.36. The zero-order valence-corrected chi connectivity index (χ0v) is 10.7. The summed E-state index contributed by atoms with van der Waals surface area (Å²) in [5.74, 6) is 0.0363. The van der Waals surface area contributed by atoms with Gasteiger partial charge >= 0.3 is 0 Å². The fraction of sp³-hybridized carbons (Fsp3) is 0.250. The molecule has 1 aromatic carbocycles. The molecule has 0 aliphatic carbocycles. The lowest BCUT2D eigenvalue weighted by Crippen LogP contribution is -2.18. The molecule has 5 nitrogen and oxygen atoms in total. The van der Waals surface area contributed by atoms with Crippen molar-refractivity contribution in [3.05, 3.63) is 36.5 Å². The van der Waals surface area contributed by atoms with Crippen LogP contribution >= 0.6 is 0 Å². The first-order valence-corrected chi connectivity index (χ1v) is 7.31.